The van der Waals surface area contributed by atoms with Gasteiger partial charge in [0.2, 0.25) is 0 Å². The number of fused-ring (bicyclic) bond motifs is 1. The molecule has 3 aromatic rings. The molecule has 27 heavy (non-hydrogen) atoms. The number of amides is 1. The van der Waals surface area contributed by atoms with Gasteiger partial charge >= 0.3 is 0 Å². The molecule has 0 spiro atoms. The lowest BCUT2D eigenvalue weighted by Crippen LogP contribution is -2.18. The fourth-order valence-electron chi connectivity index (χ4n) is 2.72. The topological polar surface area (TPSA) is 43.6 Å². The molecule has 0 bridgehead atoms. The summed E-state index contributed by atoms with van der Waals surface area (Å²) >= 11 is 5.01. The number of thiazole rings is 1. The van der Waals surface area contributed by atoms with E-state index in [0.717, 1.165) is 38.6 Å². The number of methoxy groups -OCH3 is 1. The molecule has 0 unspecified atom stereocenters. The molecule has 0 radical (unpaired) electrons. The van der Waals surface area contributed by atoms with Gasteiger partial charge in [0.05, 0.1) is 23.7 Å². The first-order valence-electron chi connectivity index (χ1n) is 8.51. The van der Waals surface area contributed by atoms with Gasteiger partial charge in [0.25, 0.3) is 5.91 Å². The molecule has 1 heterocycles. The van der Waals surface area contributed by atoms with Crippen molar-refractivity contribution >= 4 is 51.0 Å². The Morgan fingerprint density at radius 1 is 1.19 bits per heavy atom. The van der Waals surface area contributed by atoms with Gasteiger partial charge in [0.15, 0.2) is 4.80 Å². The fourth-order valence-corrected chi connectivity index (χ4v) is 4.55. The molecular formula is C20H22N2O2S3. The summed E-state index contributed by atoms with van der Waals surface area (Å²) in [7, 11) is 1.66. The number of hydrogen-bond donors (Lipinski definition) is 0. The number of aromatic nitrogens is 1. The van der Waals surface area contributed by atoms with Gasteiger partial charge in [-0.25, -0.2) is 0 Å². The molecule has 1 amide bonds. The molecule has 1 aromatic heterocycles. The van der Waals surface area contributed by atoms with Crippen molar-refractivity contribution in [3.63, 3.8) is 0 Å². The number of nitrogens with zero attached hydrogens (tertiary/aromatic N) is 2. The Bertz CT molecular complexity index is 991. The zero-order valence-corrected chi connectivity index (χ0v) is 18.0. The van der Waals surface area contributed by atoms with Crippen molar-refractivity contribution in [2.45, 2.75) is 17.9 Å². The maximum absolute atomic E-state index is 12.6. The number of aryl methyl sites for hydroxylation is 1. The second kappa shape index (κ2) is 9.48. The van der Waals surface area contributed by atoms with Gasteiger partial charge in [0, 0.05) is 23.3 Å². The average molecular weight is 419 g/mol. The van der Waals surface area contributed by atoms with E-state index in [1.807, 2.05) is 48.7 Å². The highest BCUT2D eigenvalue weighted by atomic mass is 32.2. The van der Waals surface area contributed by atoms with Crippen molar-refractivity contribution in [1.29, 1.82) is 0 Å². The lowest BCUT2D eigenvalue weighted by atomic mass is 10.1. The van der Waals surface area contributed by atoms with E-state index in [1.54, 1.807) is 42.0 Å². The van der Waals surface area contributed by atoms with Crippen LogP contribution in [0, 0.1) is 0 Å². The Hall–Kier alpha value is -1.70. The molecule has 142 valence electrons. The van der Waals surface area contributed by atoms with E-state index in [0.29, 0.717) is 6.42 Å². The van der Waals surface area contributed by atoms with Crippen LogP contribution in [-0.2, 0) is 17.8 Å². The van der Waals surface area contributed by atoms with Crippen molar-refractivity contribution in [3.05, 3.63) is 52.8 Å². The van der Waals surface area contributed by atoms with Crippen LogP contribution < -0.4 is 9.54 Å². The van der Waals surface area contributed by atoms with Crippen LogP contribution in [0.4, 0.5) is 0 Å². The second-order valence-corrected chi connectivity index (χ2v) is 8.77. The van der Waals surface area contributed by atoms with Crippen LogP contribution in [0.3, 0.4) is 0 Å². The molecule has 2 aromatic carbocycles. The molecule has 0 aliphatic rings. The van der Waals surface area contributed by atoms with Crippen molar-refractivity contribution in [2.24, 2.45) is 4.99 Å². The van der Waals surface area contributed by atoms with Crippen LogP contribution in [0.25, 0.3) is 10.2 Å². The number of benzene rings is 2. The lowest BCUT2D eigenvalue weighted by molar-refractivity contribution is -0.117. The Morgan fingerprint density at radius 3 is 2.63 bits per heavy atom. The van der Waals surface area contributed by atoms with Crippen molar-refractivity contribution in [1.82, 2.24) is 4.57 Å². The van der Waals surface area contributed by atoms with E-state index < -0.39 is 0 Å². The van der Waals surface area contributed by atoms with Gasteiger partial charge in [-0.05, 0) is 42.3 Å². The van der Waals surface area contributed by atoms with Crippen LogP contribution >= 0.6 is 34.9 Å². The zero-order valence-electron chi connectivity index (χ0n) is 15.6. The van der Waals surface area contributed by atoms with Gasteiger partial charge in [-0.15, -0.1) is 11.8 Å². The third-order valence-corrected chi connectivity index (χ3v) is 6.54. The summed E-state index contributed by atoms with van der Waals surface area (Å²) in [5.74, 6) is 1.65. The van der Waals surface area contributed by atoms with Gasteiger partial charge in [-0.1, -0.05) is 23.5 Å². The van der Waals surface area contributed by atoms with E-state index in [2.05, 4.69) is 15.8 Å². The van der Waals surface area contributed by atoms with E-state index in [4.69, 9.17) is 4.74 Å². The SMILES string of the molecule is COc1ccc2sc(=NC(=O)Cc3ccc(SC)cc3)n(CCSC)c2c1. The van der Waals surface area contributed by atoms with Crippen molar-refractivity contribution in [2.75, 3.05) is 25.4 Å². The first-order chi connectivity index (χ1) is 13.1. The standard InChI is InChI=1S/C20H22N2O2S3/c1-24-15-6-9-18-17(13-15)22(10-11-25-2)20(27-18)21-19(23)12-14-4-7-16(26-3)8-5-14/h4-9,13H,10-12H2,1-3H3. The van der Waals surface area contributed by atoms with Crippen LogP contribution in [-0.4, -0.2) is 35.8 Å². The summed E-state index contributed by atoms with van der Waals surface area (Å²) in [5.41, 5.74) is 2.05. The summed E-state index contributed by atoms with van der Waals surface area (Å²) < 4.78 is 8.58. The largest absolute Gasteiger partial charge is 0.497 e. The summed E-state index contributed by atoms with van der Waals surface area (Å²) in [5, 5.41) is 0. The maximum Gasteiger partial charge on any atom is 0.252 e. The van der Waals surface area contributed by atoms with Crippen molar-refractivity contribution < 1.29 is 9.53 Å². The van der Waals surface area contributed by atoms with Gasteiger partial charge in [-0.3, -0.25) is 4.79 Å². The maximum atomic E-state index is 12.6. The molecule has 0 atom stereocenters. The van der Waals surface area contributed by atoms with Gasteiger partial charge in [-0.2, -0.15) is 16.8 Å². The normalized spacial score (nSPS) is 11.9. The first-order valence-corrected chi connectivity index (χ1v) is 11.9. The number of ether oxygens (including phenoxy) is 1. The molecule has 0 fully saturated rings. The Kier molecular flexibility index (Phi) is 7.04. The zero-order chi connectivity index (χ0) is 19.2. The van der Waals surface area contributed by atoms with Gasteiger partial charge in [0.1, 0.15) is 5.75 Å². The molecule has 0 saturated carbocycles. The number of carbonyl (C=O) groups is 1. The lowest BCUT2D eigenvalue weighted by Gasteiger charge is -2.05. The summed E-state index contributed by atoms with van der Waals surface area (Å²) in [6, 6.07) is 14.1. The second-order valence-electron chi connectivity index (χ2n) is 5.89. The van der Waals surface area contributed by atoms with Crippen LogP contribution in [0.5, 0.6) is 5.75 Å². The smallest absolute Gasteiger partial charge is 0.252 e. The van der Waals surface area contributed by atoms with E-state index in [1.165, 1.54) is 4.90 Å². The number of hydrogen-bond acceptors (Lipinski definition) is 5. The fraction of sp³-hybridized carbons (Fsp3) is 0.300. The molecule has 0 aliphatic carbocycles. The van der Waals surface area contributed by atoms with E-state index in [-0.39, 0.29) is 5.91 Å². The average Bonchev–Trinajstić information content (AvgIpc) is 3.02. The highest BCUT2D eigenvalue weighted by Gasteiger charge is 2.10. The number of carbonyl (C=O) groups excluding carboxylic acids is 1. The van der Waals surface area contributed by atoms with Crippen LogP contribution in [0.15, 0.2) is 52.4 Å². The molecule has 4 nitrogen and oxygen atoms in total. The molecule has 7 heteroatoms. The van der Waals surface area contributed by atoms with Crippen molar-refractivity contribution in [3.8, 4) is 5.75 Å². The summed E-state index contributed by atoms with van der Waals surface area (Å²) in [6.45, 7) is 0.808. The Morgan fingerprint density at radius 2 is 1.96 bits per heavy atom. The quantitative estimate of drug-likeness (QED) is 0.531. The summed E-state index contributed by atoms with van der Waals surface area (Å²) in [6.07, 6.45) is 4.43. The molecule has 0 aliphatic heterocycles. The molecule has 0 saturated heterocycles. The summed E-state index contributed by atoms with van der Waals surface area (Å²) in [4.78, 5) is 18.9. The molecule has 3 rings (SSSR count). The minimum Gasteiger partial charge on any atom is -0.497 e. The number of thioether (sulfide) groups is 2. The van der Waals surface area contributed by atoms with E-state index >= 15 is 0 Å². The third kappa shape index (κ3) is 4.97. The minimum absolute atomic E-state index is 0.122. The Balaban J connectivity index is 1.93. The van der Waals surface area contributed by atoms with Gasteiger partial charge < -0.3 is 9.30 Å². The van der Waals surface area contributed by atoms with Crippen LogP contribution in [0.1, 0.15) is 5.56 Å². The monoisotopic (exact) mass is 418 g/mol. The predicted octanol–water partition coefficient (Wildman–Crippen LogP) is 4.47. The van der Waals surface area contributed by atoms with E-state index in [9.17, 15) is 4.79 Å². The minimum atomic E-state index is -0.122. The first kappa shape index (κ1) is 20.0. The number of rotatable bonds is 7. The van der Waals surface area contributed by atoms with Crippen LogP contribution in [0.2, 0.25) is 0 Å². The highest BCUT2D eigenvalue weighted by Crippen LogP contribution is 2.23. The molecule has 0 N–H and O–H groups in total. The highest BCUT2D eigenvalue weighted by molar-refractivity contribution is 7.98. The third-order valence-electron chi connectivity index (χ3n) is 4.14. The molecular weight excluding hydrogens is 396 g/mol. The predicted molar refractivity (Wildman–Crippen MR) is 117 cm³/mol. The Labute approximate surface area is 171 Å².